The number of hydrogen-bond acceptors (Lipinski definition) is 3. The van der Waals surface area contributed by atoms with Crippen LogP contribution in [0.3, 0.4) is 0 Å². The van der Waals surface area contributed by atoms with Gasteiger partial charge in [-0.3, -0.25) is 0 Å². The molecule has 5 nitrogen and oxygen atoms in total. The minimum atomic E-state index is -0.838. The maximum atomic E-state index is 13.5. The summed E-state index contributed by atoms with van der Waals surface area (Å²) in [6.07, 6.45) is 0. The number of hydrogen-bond donors (Lipinski definition) is 2. The average Bonchev–Trinajstić information content (AvgIpc) is 2.60. The first-order chi connectivity index (χ1) is 13.2. The number of ether oxygens (including phenoxy) is 2. The van der Waals surface area contributed by atoms with Gasteiger partial charge >= 0.3 is 6.03 Å². The molecule has 9 heteroatoms. The third-order valence-electron chi connectivity index (χ3n) is 3.52. The Bertz CT molecular complexity index is 754. The Kier molecular flexibility index (Phi) is 7.48. The molecular formula is C19H20F4N2O3. The molecule has 2 rings (SSSR count). The molecule has 2 aromatic carbocycles. The lowest BCUT2D eigenvalue weighted by Gasteiger charge is -2.19. The van der Waals surface area contributed by atoms with Crippen molar-refractivity contribution >= 4 is 6.03 Å². The van der Waals surface area contributed by atoms with Gasteiger partial charge in [0.25, 0.3) is 0 Å². The average molecular weight is 400 g/mol. The molecule has 0 heterocycles. The van der Waals surface area contributed by atoms with Gasteiger partial charge in [0, 0.05) is 12.1 Å². The van der Waals surface area contributed by atoms with Gasteiger partial charge in [-0.25, -0.2) is 22.4 Å². The maximum absolute atomic E-state index is 13.5. The lowest BCUT2D eigenvalue weighted by molar-refractivity contribution is 0.212. The zero-order chi connectivity index (χ0) is 20.7. The molecule has 0 aliphatic carbocycles. The van der Waals surface area contributed by atoms with E-state index >= 15 is 0 Å². The number of carbonyl (C=O) groups excluding carboxylic acids is 1. The van der Waals surface area contributed by atoms with Crippen LogP contribution in [0, 0.1) is 23.3 Å². The SMILES string of the molecule is C[C@H](COc1ccc(F)cc1F)NC(=O)N[C@H](C)COc1ccc(F)cc1F. The molecule has 2 atom stereocenters. The first-order valence-corrected chi connectivity index (χ1v) is 8.47. The van der Waals surface area contributed by atoms with Gasteiger partial charge in [-0.15, -0.1) is 0 Å². The monoisotopic (exact) mass is 400 g/mol. The van der Waals surface area contributed by atoms with E-state index in [-0.39, 0.29) is 24.7 Å². The summed E-state index contributed by atoms with van der Waals surface area (Å²) in [5, 5.41) is 5.16. The molecule has 0 aromatic heterocycles. The van der Waals surface area contributed by atoms with E-state index in [9.17, 15) is 22.4 Å². The lowest BCUT2D eigenvalue weighted by atomic mass is 10.3. The highest BCUT2D eigenvalue weighted by molar-refractivity contribution is 5.74. The molecule has 0 aliphatic heterocycles. The molecule has 0 saturated heterocycles. The number of amides is 2. The van der Waals surface area contributed by atoms with Crippen molar-refractivity contribution in [3.05, 3.63) is 59.7 Å². The van der Waals surface area contributed by atoms with Crippen molar-refractivity contribution < 1.29 is 31.8 Å². The molecule has 0 spiro atoms. The van der Waals surface area contributed by atoms with Gasteiger partial charge in [0.1, 0.15) is 24.8 Å². The van der Waals surface area contributed by atoms with Crippen molar-refractivity contribution in [2.24, 2.45) is 0 Å². The van der Waals surface area contributed by atoms with Crippen molar-refractivity contribution in [2.75, 3.05) is 13.2 Å². The third-order valence-corrected chi connectivity index (χ3v) is 3.52. The van der Waals surface area contributed by atoms with Crippen LogP contribution in [0.25, 0.3) is 0 Å². The zero-order valence-corrected chi connectivity index (χ0v) is 15.3. The highest BCUT2D eigenvalue weighted by Gasteiger charge is 2.14. The Morgan fingerprint density at radius 2 is 1.21 bits per heavy atom. The highest BCUT2D eigenvalue weighted by atomic mass is 19.1. The number of halogens is 4. The molecule has 0 fully saturated rings. The van der Waals surface area contributed by atoms with E-state index in [4.69, 9.17) is 9.47 Å². The molecule has 152 valence electrons. The Labute approximate surface area is 159 Å². The van der Waals surface area contributed by atoms with Crippen LogP contribution in [-0.2, 0) is 0 Å². The molecule has 2 amide bonds. The van der Waals surface area contributed by atoms with E-state index in [0.717, 1.165) is 24.3 Å². The van der Waals surface area contributed by atoms with Crippen LogP contribution in [-0.4, -0.2) is 31.3 Å². The van der Waals surface area contributed by atoms with E-state index in [0.29, 0.717) is 12.1 Å². The first-order valence-electron chi connectivity index (χ1n) is 8.47. The maximum Gasteiger partial charge on any atom is 0.315 e. The molecule has 2 N–H and O–H groups in total. The molecule has 0 saturated carbocycles. The van der Waals surface area contributed by atoms with Crippen molar-refractivity contribution in [2.45, 2.75) is 25.9 Å². The zero-order valence-electron chi connectivity index (χ0n) is 15.3. The van der Waals surface area contributed by atoms with Crippen LogP contribution in [0.1, 0.15) is 13.8 Å². The van der Waals surface area contributed by atoms with Crippen LogP contribution in [0.15, 0.2) is 36.4 Å². The fourth-order valence-corrected chi connectivity index (χ4v) is 2.19. The second kappa shape index (κ2) is 9.82. The fraction of sp³-hybridized carbons (Fsp3) is 0.316. The summed E-state index contributed by atoms with van der Waals surface area (Å²) < 4.78 is 63.1. The lowest BCUT2D eigenvalue weighted by Crippen LogP contribution is -2.47. The Morgan fingerprint density at radius 1 is 0.821 bits per heavy atom. The Hall–Kier alpha value is -2.97. The van der Waals surface area contributed by atoms with Crippen LogP contribution in [0.2, 0.25) is 0 Å². The minimum Gasteiger partial charge on any atom is -0.488 e. The van der Waals surface area contributed by atoms with E-state index < -0.39 is 41.4 Å². The van der Waals surface area contributed by atoms with Crippen LogP contribution < -0.4 is 20.1 Å². The predicted molar refractivity (Wildman–Crippen MR) is 94.3 cm³/mol. The summed E-state index contributed by atoms with van der Waals surface area (Å²) >= 11 is 0. The van der Waals surface area contributed by atoms with Crippen molar-refractivity contribution in [3.8, 4) is 11.5 Å². The van der Waals surface area contributed by atoms with Crippen LogP contribution in [0.5, 0.6) is 11.5 Å². The number of rotatable bonds is 8. The van der Waals surface area contributed by atoms with E-state index in [1.54, 1.807) is 13.8 Å². The largest absolute Gasteiger partial charge is 0.488 e. The first kappa shape index (κ1) is 21.3. The second-order valence-corrected chi connectivity index (χ2v) is 6.19. The summed E-state index contributed by atoms with van der Waals surface area (Å²) in [6.45, 7) is 3.19. The highest BCUT2D eigenvalue weighted by Crippen LogP contribution is 2.18. The number of carbonyl (C=O) groups is 1. The minimum absolute atomic E-state index is 0.0400. The summed E-state index contributed by atoms with van der Waals surface area (Å²) in [5.74, 6) is -3.36. The van der Waals surface area contributed by atoms with Crippen LogP contribution in [0.4, 0.5) is 22.4 Å². The van der Waals surface area contributed by atoms with E-state index in [1.165, 1.54) is 0 Å². The summed E-state index contributed by atoms with van der Waals surface area (Å²) in [6, 6.07) is 4.35. The van der Waals surface area contributed by atoms with Gasteiger partial charge in [0.15, 0.2) is 23.1 Å². The van der Waals surface area contributed by atoms with Gasteiger partial charge < -0.3 is 20.1 Å². The van der Waals surface area contributed by atoms with Gasteiger partial charge in [-0.05, 0) is 38.1 Å². The molecule has 0 radical (unpaired) electrons. The van der Waals surface area contributed by atoms with Crippen molar-refractivity contribution in [3.63, 3.8) is 0 Å². The summed E-state index contributed by atoms with van der Waals surface area (Å²) in [5.41, 5.74) is 0. The quantitative estimate of drug-likeness (QED) is 0.663. The molecule has 0 aliphatic rings. The van der Waals surface area contributed by atoms with E-state index in [1.807, 2.05) is 0 Å². The Balaban J connectivity index is 1.72. The number of urea groups is 1. The molecular weight excluding hydrogens is 380 g/mol. The van der Waals surface area contributed by atoms with Crippen LogP contribution >= 0.6 is 0 Å². The number of nitrogens with one attached hydrogen (secondary N) is 2. The smallest absolute Gasteiger partial charge is 0.315 e. The predicted octanol–water partition coefficient (Wildman–Crippen LogP) is 3.78. The second-order valence-electron chi connectivity index (χ2n) is 6.19. The van der Waals surface area contributed by atoms with Gasteiger partial charge in [-0.1, -0.05) is 0 Å². The van der Waals surface area contributed by atoms with E-state index in [2.05, 4.69) is 10.6 Å². The third kappa shape index (κ3) is 6.64. The summed E-state index contributed by atoms with van der Waals surface area (Å²) in [7, 11) is 0. The van der Waals surface area contributed by atoms with Crippen molar-refractivity contribution in [1.82, 2.24) is 10.6 Å². The molecule has 28 heavy (non-hydrogen) atoms. The molecule has 2 aromatic rings. The standard InChI is InChI=1S/C19H20F4N2O3/c1-11(9-27-17-5-3-13(20)7-15(17)22)24-19(26)25-12(2)10-28-18-6-4-14(21)8-16(18)23/h3-8,11-12H,9-10H2,1-2H3,(H2,24,25,26)/t11-,12-/m1/s1. The molecule has 0 bridgehead atoms. The Morgan fingerprint density at radius 3 is 1.57 bits per heavy atom. The molecule has 0 unspecified atom stereocenters. The fourth-order valence-electron chi connectivity index (χ4n) is 2.19. The normalized spacial score (nSPS) is 12.8. The van der Waals surface area contributed by atoms with Gasteiger partial charge in [0.05, 0.1) is 12.1 Å². The summed E-state index contributed by atoms with van der Waals surface area (Å²) in [4.78, 5) is 11.9. The number of benzene rings is 2. The van der Waals surface area contributed by atoms with Gasteiger partial charge in [0.2, 0.25) is 0 Å². The van der Waals surface area contributed by atoms with Gasteiger partial charge in [-0.2, -0.15) is 0 Å². The topological polar surface area (TPSA) is 59.6 Å². The van der Waals surface area contributed by atoms with Crippen molar-refractivity contribution in [1.29, 1.82) is 0 Å².